The van der Waals surface area contributed by atoms with Gasteiger partial charge in [-0.3, -0.25) is 0 Å². The zero-order valence-electron chi connectivity index (χ0n) is 11.4. The van der Waals surface area contributed by atoms with Gasteiger partial charge >= 0.3 is 6.09 Å². The molecule has 1 saturated heterocycles. The quantitative estimate of drug-likeness (QED) is 0.880. The van der Waals surface area contributed by atoms with E-state index < -0.39 is 0 Å². The van der Waals surface area contributed by atoms with Gasteiger partial charge in [0.05, 0.1) is 6.61 Å². The summed E-state index contributed by atoms with van der Waals surface area (Å²) >= 11 is 0. The molecule has 7 heteroatoms. The molecule has 0 bridgehead atoms. The zero-order chi connectivity index (χ0) is 13.7. The second-order valence-electron chi connectivity index (χ2n) is 4.64. The maximum atomic E-state index is 11.5. The Bertz CT molecular complexity index is 413. The fourth-order valence-corrected chi connectivity index (χ4v) is 2.13. The summed E-state index contributed by atoms with van der Waals surface area (Å²) in [6, 6.07) is 0.391. The maximum absolute atomic E-state index is 11.5. The predicted molar refractivity (Wildman–Crippen MR) is 67.5 cm³/mol. The van der Waals surface area contributed by atoms with E-state index in [-0.39, 0.29) is 6.09 Å². The average molecular weight is 268 g/mol. The Balaban J connectivity index is 1.72. The number of carbonyl (C=O) groups is 1. The van der Waals surface area contributed by atoms with Crippen molar-refractivity contribution in [1.82, 2.24) is 20.5 Å². The van der Waals surface area contributed by atoms with Crippen LogP contribution in [0.25, 0.3) is 0 Å². The summed E-state index contributed by atoms with van der Waals surface area (Å²) in [7, 11) is 0. The van der Waals surface area contributed by atoms with Gasteiger partial charge in [0.25, 0.3) is 0 Å². The van der Waals surface area contributed by atoms with Crippen LogP contribution in [-0.2, 0) is 11.3 Å². The third kappa shape index (κ3) is 3.66. The minimum Gasteiger partial charge on any atom is -0.450 e. The molecule has 0 atom stereocenters. The number of ether oxygens (including phenoxy) is 1. The molecule has 0 aromatic carbocycles. The van der Waals surface area contributed by atoms with Gasteiger partial charge in [0.15, 0.2) is 0 Å². The van der Waals surface area contributed by atoms with E-state index in [2.05, 4.69) is 20.3 Å². The first-order valence-electron chi connectivity index (χ1n) is 6.63. The molecule has 0 radical (unpaired) electrons. The number of rotatable bonds is 4. The molecular formula is C12H20N4O3. The van der Waals surface area contributed by atoms with E-state index in [9.17, 15) is 4.79 Å². The van der Waals surface area contributed by atoms with Crippen molar-refractivity contribution in [2.75, 3.05) is 19.7 Å². The Morgan fingerprint density at radius 3 is 2.79 bits per heavy atom. The summed E-state index contributed by atoms with van der Waals surface area (Å²) < 4.78 is 9.64. The minimum atomic E-state index is -0.211. The van der Waals surface area contributed by atoms with Crippen LogP contribution in [-0.4, -0.2) is 47.0 Å². The first kappa shape index (κ1) is 13.8. The molecular weight excluding hydrogens is 248 g/mol. The number of hydrogen-bond acceptors (Lipinski definition) is 6. The third-order valence-electron chi connectivity index (χ3n) is 3.33. The second-order valence-corrected chi connectivity index (χ2v) is 4.64. The molecule has 2 heterocycles. The molecule has 1 aliphatic rings. The molecule has 0 unspecified atom stereocenters. The Kier molecular flexibility index (Phi) is 4.73. The van der Waals surface area contributed by atoms with Crippen LogP contribution in [0.15, 0.2) is 4.63 Å². The molecule has 1 aliphatic heterocycles. The SMILES string of the molecule is CCOC(=O)N1CCC(NCc2nonc2C)CC1. The van der Waals surface area contributed by atoms with Crippen LogP contribution in [0, 0.1) is 6.92 Å². The van der Waals surface area contributed by atoms with Gasteiger partial charge in [0.2, 0.25) is 0 Å². The van der Waals surface area contributed by atoms with Gasteiger partial charge in [0, 0.05) is 25.7 Å². The van der Waals surface area contributed by atoms with Crippen molar-refractivity contribution < 1.29 is 14.2 Å². The summed E-state index contributed by atoms with van der Waals surface area (Å²) in [5.41, 5.74) is 1.66. The lowest BCUT2D eigenvalue weighted by Gasteiger charge is -2.31. The van der Waals surface area contributed by atoms with Crippen LogP contribution >= 0.6 is 0 Å². The van der Waals surface area contributed by atoms with Gasteiger partial charge in [-0.1, -0.05) is 10.3 Å². The van der Waals surface area contributed by atoms with Crippen LogP contribution < -0.4 is 5.32 Å². The number of amides is 1. The number of carbonyl (C=O) groups excluding carboxylic acids is 1. The summed E-state index contributed by atoms with van der Waals surface area (Å²) in [6.07, 6.45) is 1.63. The highest BCUT2D eigenvalue weighted by Crippen LogP contribution is 2.12. The van der Waals surface area contributed by atoms with E-state index in [0.29, 0.717) is 19.2 Å². The van der Waals surface area contributed by atoms with Crippen LogP contribution in [0.4, 0.5) is 4.79 Å². The van der Waals surface area contributed by atoms with Crippen molar-refractivity contribution >= 4 is 6.09 Å². The van der Waals surface area contributed by atoms with E-state index in [1.165, 1.54) is 0 Å². The molecule has 0 aliphatic carbocycles. The Morgan fingerprint density at radius 1 is 1.47 bits per heavy atom. The number of hydrogen-bond donors (Lipinski definition) is 1. The summed E-state index contributed by atoms with van der Waals surface area (Å²) in [6.45, 7) is 6.23. The van der Waals surface area contributed by atoms with Crippen LogP contribution in [0.5, 0.6) is 0 Å². The number of aromatic nitrogens is 2. The van der Waals surface area contributed by atoms with E-state index in [1.54, 1.807) is 4.90 Å². The first-order valence-corrected chi connectivity index (χ1v) is 6.63. The minimum absolute atomic E-state index is 0.211. The molecule has 1 amide bonds. The lowest BCUT2D eigenvalue weighted by atomic mass is 10.1. The molecule has 2 rings (SSSR count). The number of aryl methyl sites for hydroxylation is 1. The molecule has 7 nitrogen and oxygen atoms in total. The molecule has 1 fully saturated rings. The highest BCUT2D eigenvalue weighted by Gasteiger charge is 2.23. The smallest absolute Gasteiger partial charge is 0.409 e. The third-order valence-corrected chi connectivity index (χ3v) is 3.33. The fourth-order valence-electron chi connectivity index (χ4n) is 2.13. The monoisotopic (exact) mass is 268 g/mol. The molecule has 1 N–H and O–H groups in total. The topological polar surface area (TPSA) is 80.5 Å². The standard InChI is InChI=1S/C12H20N4O3/c1-3-18-12(17)16-6-4-10(5-7-16)13-8-11-9(2)14-19-15-11/h10,13H,3-8H2,1-2H3. The number of nitrogens with zero attached hydrogens (tertiary/aromatic N) is 3. The normalized spacial score (nSPS) is 16.6. The van der Waals surface area contributed by atoms with Crippen LogP contribution in [0.3, 0.4) is 0 Å². The zero-order valence-corrected chi connectivity index (χ0v) is 11.4. The van der Waals surface area contributed by atoms with Crippen molar-refractivity contribution in [1.29, 1.82) is 0 Å². The van der Waals surface area contributed by atoms with Crippen LogP contribution in [0.2, 0.25) is 0 Å². The van der Waals surface area contributed by atoms with Gasteiger partial charge < -0.3 is 15.0 Å². The van der Waals surface area contributed by atoms with Gasteiger partial charge in [-0.25, -0.2) is 9.42 Å². The fraction of sp³-hybridized carbons (Fsp3) is 0.750. The highest BCUT2D eigenvalue weighted by atomic mass is 16.6. The Labute approximate surface area is 112 Å². The molecule has 0 spiro atoms. The summed E-state index contributed by atoms with van der Waals surface area (Å²) in [5, 5.41) is 11.0. The van der Waals surface area contributed by atoms with E-state index in [4.69, 9.17) is 4.74 Å². The van der Waals surface area contributed by atoms with E-state index >= 15 is 0 Å². The van der Waals surface area contributed by atoms with Crippen LogP contribution in [0.1, 0.15) is 31.2 Å². The predicted octanol–water partition coefficient (Wildman–Crippen LogP) is 1.09. The molecule has 106 valence electrons. The van der Waals surface area contributed by atoms with Gasteiger partial charge in [-0.05, 0) is 26.7 Å². The highest BCUT2D eigenvalue weighted by molar-refractivity contribution is 5.67. The average Bonchev–Trinajstić information content (AvgIpc) is 2.83. The lowest BCUT2D eigenvalue weighted by Crippen LogP contribution is -2.45. The molecule has 0 saturated carbocycles. The van der Waals surface area contributed by atoms with Gasteiger partial charge in [-0.15, -0.1) is 0 Å². The summed E-state index contributed by atoms with van der Waals surface area (Å²) in [4.78, 5) is 13.3. The van der Waals surface area contributed by atoms with Gasteiger partial charge in [-0.2, -0.15) is 0 Å². The molecule has 1 aromatic heterocycles. The van der Waals surface area contributed by atoms with Gasteiger partial charge in [0.1, 0.15) is 11.4 Å². The Morgan fingerprint density at radius 2 is 2.21 bits per heavy atom. The Hall–Kier alpha value is -1.63. The maximum Gasteiger partial charge on any atom is 0.409 e. The van der Waals surface area contributed by atoms with Crippen molar-refractivity contribution in [2.45, 2.75) is 39.3 Å². The second kappa shape index (κ2) is 6.51. The molecule has 19 heavy (non-hydrogen) atoms. The van der Waals surface area contributed by atoms with E-state index in [1.807, 2.05) is 13.8 Å². The lowest BCUT2D eigenvalue weighted by molar-refractivity contribution is 0.0949. The van der Waals surface area contributed by atoms with E-state index in [0.717, 1.165) is 37.3 Å². The molecule has 1 aromatic rings. The van der Waals surface area contributed by atoms with Crippen molar-refractivity contribution in [3.63, 3.8) is 0 Å². The summed E-state index contributed by atoms with van der Waals surface area (Å²) in [5.74, 6) is 0. The van der Waals surface area contributed by atoms with Crippen molar-refractivity contribution in [2.24, 2.45) is 0 Å². The van der Waals surface area contributed by atoms with Crippen molar-refractivity contribution in [3.05, 3.63) is 11.4 Å². The van der Waals surface area contributed by atoms with Crippen molar-refractivity contribution in [3.8, 4) is 0 Å². The number of piperidine rings is 1. The largest absolute Gasteiger partial charge is 0.450 e. The number of nitrogens with one attached hydrogen (secondary N) is 1. The first-order chi connectivity index (χ1) is 9.20. The number of likely N-dealkylation sites (tertiary alicyclic amines) is 1.